The largest absolute Gasteiger partial charge is 0.483 e. The third kappa shape index (κ3) is 4.31. The summed E-state index contributed by atoms with van der Waals surface area (Å²) in [4.78, 5) is 15.1. The highest BCUT2D eigenvalue weighted by Crippen LogP contribution is 2.34. The smallest absolute Gasteiger partial charge is 0.258 e. The van der Waals surface area contributed by atoms with Crippen LogP contribution in [0.2, 0.25) is 0 Å². The number of morpholine rings is 1. The summed E-state index contributed by atoms with van der Waals surface area (Å²) in [5, 5.41) is 5.32. The summed E-state index contributed by atoms with van der Waals surface area (Å²) in [6.45, 7) is 4.25. The van der Waals surface area contributed by atoms with Gasteiger partial charge in [-0.15, -0.1) is 0 Å². The molecule has 2 fully saturated rings. The maximum absolute atomic E-state index is 12.5. The molecule has 1 aliphatic carbocycles. The van der Waals surface area contributed by atoms with Crippen molar-refractivity contribution in [1.82, 2.24) is 10.2 Å². The van der Waals surface area contributed by atoms with E-state index >= 15 is 0 Å². The topological polar surface area (TPSA) is 50.8 Å². The van der Waals surface area contributed by atoms with E-state index in [1.165, 1.54) is 19.3 Å². The van der Waals surface area contributed by atoms with Crippen LogP contribution >= 0.6 is 0 Å². The minimum Gasteiger partial charge on any atom is -0.483 e. The predicted molar refractivity (Wildman–Crippen MR) is 111 cm³/mol. The van der Waals surface area contributed by atoms with Gasteiger partial charge in [-0.05, 0) is 24.3 Å². The number of rotatable bonds is 6. The van der Waals surface area contributed by atoms with Gasteiger partial charge in [-0.25, -0.2) is 0 Å². The molecule has 150 valence electrons. The van der Waals surface area contributed by atoms with Gasteiger partial charge in [-0.1, -0.05) is 55.7 Å². The number of hydrogen-bond donors (Lipinski definition) is 1. The van der Waals surface area contributed by atoms with Crippen LogP contribution in [0.3, 0.4) is 0 Å². The van der Waals surface area contributed by atoms with Crippen LogP contribution in [-0.4, -0.2) is 55.8 Å². The first-order chi connectivity index (χ1) is 13.8. The van der Waals surface area contributed by atoms with Crippen molar-refractivity contribution in [3.63, 3.8) is 0 Å². The van der Waals surface area contributed by atoms with E-state index in [0.29, 0.717) is 6.54 Å². The highest BCUT2D eigenvalue weighted by atomic mass is 16.5. The molecule has 4 rings (SSSR count). The molecule has 2 aromatic rings. The summed E-state index contributed by atoms with van der Waals surface area (Å²) in [5.41, 5.74) is 0.0805. The lowest BCUT2D eigenvalue weighted by molar-refractivity contribution is -0.124. The average Bonchev–Trinajstić information content (AvgIpc) is 2.77. The molecule has 1 amide bonds. The van der Waals surface area contributed by atoms with Crippen molar-refractivity contribution in [3.8, 4) is 5.75 Å². The third-order valence-electron chi connectivity index (χ3n) is 6.19. The summed E-state index contributed by atoms with van der Waals surface area (Å²) in [6, 6.07) is 14.0. The Morgan fingerprint density at radius 2 is 1.79 bits per heavy atom. The second kappa shape index (κ2) is 8.93. The molecule has 0 unspecified atom stereocenters. The monoisotopic (exact) mass is 382 g/mol. The Kier molecular flexibility index (Phi) is 6.13. The van der Waals surface area contributed by atoms with Gasteiger partial charge < -0.3 is 14.8 Å². The van der Waals surface area contributed by atoms with Crippen LogP contribution in [0.25, 0.3) is 10.8 Å². The number of ether oxygens (including phenoxy) is 2. The molecular formula is C23H30N2O3. The molecule has 5 heteroatoms. The van der Waals surface area contributed by atoms with Crippen LogP contribution < -0.4 is 10.1 Å². The molecule has 1 saturated heterocycles. The van der Waals surface area contributed by atoms with Crippen LogP contribution in [0.5, 0.6) is 5.75 Å². The summed E-state index contributed by atoms with van der Waals surface area (Å²) >= 11 is 0. The van der Waals surface area contributed by atoms with E-state index in [0.717, 1.165) is 55.7 Å². The summed E-state index contributed by atoms with van der Waals surface area (Å²) in [7, 11) is 0. The third-order valence-corrected chi connectivity index (χ3v) is 6.19. The molecule has 0 bridgehead atoms. The maximum Gasteiger partial charge on any atom is 0.258 e. The van der Waals surface area contributed by atoms with Crippen LogP contribution in [0, 0.1) is 0 Å². The molecule has 0 aromatic heterocycles. The van der Waals surface area contributed by atoms with Crippen molar-refractivity contribution in [2.24, 2.45) is 0 Å². The van der Waals surface area contributed by atoms with Crippen molar-refractivity contribution in [1.29, 1.82) is 0 Å². The fraction of sp³-hybridized carbons (Fsp3) is 0.522. The molecule has 5 nitrogen and oxygen atoms in total. The first-order valence-electron chi connectivity index (χ1n) is 10.5. The Morgan fingerprint density at radius 1 is 1.04 bits per heavy atom. The number of nitrogens with one attached hydrogen (secondary N) is 1. The Bertz CT molecular complexity index is 790. The van der Waals surface area contributed by atoms with E-state index < -0.39 is 0 Å². The van der Waals surface area contributed by atoms with E-state index in [2.05, 4.69) is 22.3 Å². The van der Waals surface area contributed by atoms with Gasteiger partial charge >= 0.3 is 0 Å². The van der Waals surface area contributed by atoms with Crippen molar-refractivity contribution in [2.45, 2.75) is 37.6 Å². The number of nitrogens with zero attached hydrogens (tertiary/aromatic N) is 1. The van der Waals surface area contributed by atoms with E-state index in [1.54, 1.807) is 0 Å². The van der Waals surface area contributed by atoms with Crippen LogP contribution in [0.4, 0.5) is 0 Å². The molecule has 28 heavy (non-hydrogen) atoms. The first kappa shape index (κ1) is 19.2. The fourth-order valence-corrected chi connectivity index (χ4v) is 4.63. The van der Waals surface area contributed by atoms with Gasteiger partial charge in [-0.3, -0.25) is 9.69 Å². The minimum atomic E-state index is -0.0499. The molecule has 1 saturated carbocycles. The van der Waals surface area contributed by atoms with Gasteiger partial charge in [0.1, 0.15) is 5.75 Å². The Hall–Kier alpha value is -2.11. The maximum atomic E-state index is 12.5. The fourth-order valence-electron chi connectivity index (χ4n) is 4.63. The highest BCUT2D eigenvalue weighted by molar-refractivity contribution is 5.88. The van der Waals surface area contributed by atoms with Gasteiger partial charge in [0.05, 0.1) is 13.2 Å². The lowest BCUT2D eigenvalue weighted by atomic mass is 9.79. The summed E-state index contributed by atoms with van der Waals surface area (Å²) < 4.78 is 11.4. The summed E-state index contributed by atoms with van der Waals surface area (Å²) in [6.07, 6.45) is 6.07. The zero-order valence-corrected chi connectivity index (χ0v) is 16.5. The SMILES string of the molecule is O=C(COc1cccc2ccccc12)NCC1(N2CCOCC2)CCCCC1. The van der Waals surface area contributed by atoms with E-state index in [1.807, 2.05) is 30.3 Å². The quantitative estimate of drug-likeness (QED) is 0.832. The number of fused-ring (bicyclic) bond motifs is 1. The molecule has 0 atom stereocenters. The molecule has 0 radical (unpaired) electrons. The Labute approximate surface area is 167 Å². The molecule has 2 aliphatic rings. The van der Waals surface area contributed by atoms with Crippen LogP contribution in [0.1, 0.15) is 32.1 Å². The number of hydrogen-bond acceptors (Lipinski definition) is 4. The van der Waals surface area contributed by atoms with Crippen molar-refractivity contribution < 1.29 is 14.3 Å². The van der Waals surface area contributed by atoms with Gasteiger partial charge in [0.25, 0.3) is 5.91 Å². The van der Waals surface area contributed by atoms with Crippen molar-refractivity contribution >= 4 is 16.7 Å². The van der Waals surface area contributed by atoms with Gasteiger partial charge in [0.15, 0.2) is 6.61 Å². The molecule has 2 aromatic carbocycles. The van der Waals surface area contributed by atoms with Gasteiger partial charge in [-0.2, -0.15) is 0 Å². The van der Waals surface area contributed by atoms with E-state index in [4.69, 9.17) is 9.47 Å². The second-order valence-corrected chi connectivity index (χ2v) is 7.93. The van der Waals surface area contributed by atoms with E-state index in [-0.39, 0.29) is 18.1 Å². The molecular weight excluding hydrogens is 352 g/mol. The number of carbonyl (C=O) groups excluding carboxylic acids is 1. The van der Waals surface area contributed by atoms with Crippen molar-refractivity contribution in [2.75, 3.05) is 39.5 Å². The lowest BCUT2D eigenvalue weighted by Gasteiger charge is -2.48. The predicted octanol–water partition coefficient (Wildman–Crippen LogP) is 3.37. The number of amides is 1. The second-order valence-electron chi connectivity index (χ2n) is 7.93. The van der Waals surface area contributed by atoms with Gasteiger partial charge in [0, 0.05) is 30.6 Å². The van der Waals surface area contributed by atoms with Crippen LogP contribution in [-0.2, 0) is 9.53 Å². The highest BCUT2D eigenvalue weighted by Gasteiger charge is 2.38. The zero-order chi connectivity index (χ0) is 19.2. The van der Waals surface area contributed by atoms with Crippen LogP contribution in [0.15, 0.2) is 42.5 Å². The van der Waals surface area contributed by atoms with Crippen molar-refractivity contribution in [3.05, 3.63) is 42.5 Å². The number of carbonyl (C=O) groups is 1. The zero-order valence-electron chi connectivity index (χ0n) is 16.5. The molecule has 0 spiro atoms. The normalized spacial score (nSPS) is 20.0. The Morgan fingerprint density at radius 3 is 2.61 bits per heavy atom. The average molecular weight is 383 g/mol. The lowest BCUT2D eigenvalue weighted by Crippen LogP contribution is -2.60. The number of benzene rings is 2. The van der Waals surface area contributed by atoms with Gasteiger partial charge in [0.2, 0.25) is 0 Å². The molecule has 1 aliphatic heterocycles. The molecule has 1 heterocycles. The summed E-state index contributed by atoms with van der Waals surface area (Å²) in [5.74, 6) is 0.708. The minimum absolute atomic E-state index is 0.0488. The van der Waals surface area contributed by atoms with E-state index in [9.17, 15) is 4.79 Å². The Balaban J connectivity index is 1.36. The molecule has 1 N–H and O–H groups in total. The first-order valence-corrected chi connectivity index (χ1v) is 10.5. The standard InChI is InChI=1S/C23H30N2O3/c26-22(17-28-21-10-6-8-19-7-2-3-9-20(19)21)24-18-23(11-4-1-5-12-23)25-13-15-27-16-14-25/h2-3,6-10H,1,4-5,11-18H2,(H,24,26).